The fraction of sp³-hybridized carbons (Fsp3) is 0.615. The van der Waals surface area contributed by atoms with Gasteiger partial charge in [0, 0.05) is 25.2 Å². The second-order valence-electron chi connectivity index (χ2n) is 5.23. The Kier molecular flexibility index (Phi) is 4.95. The molecule has 8 nitrogen and oxygen atoms in total. The van der Waals surface area contributed by atoms with Gasteiger partial charge in [0.15, 0.2) is 0 Å². The summed E-state index contributed by atoms with van der Waals surface area (Å²) in [6.45, 7) is 4.19. The smallest absolute Gasteiger partial charge is 0.282 e. The third-order valence-corrected chi connectivity index (χ3v) is 5.70. The first-order valence-electron chi connectivity index (χ1n) is 7.10. The maximum Gasteiger partial charge on any atom is 0.282 e. The van der Waals surface area contributed by atoms with E-state index in [1.165, 1.54) is 14.9 Å². The van der Waals surface area contributed by atoms with Crippen LogP contribution in [-0.4, -0.2) is 46.6 Å². The zero-order chi connectivity index (χ0) is 16.3. The zero-order valence-electron chi connectivity index (χ0n) is 12.6. The molecular formula is C13H19N5O3S. The second-order valence-corrected chi connectivity index (χ2v) is 7.16. The van der Waals surface area contributed by atoms with E-state index in [0.29, 0.717) is 24.2 Å². The van der Waals surface area contributed by atoms with Crippen molar-refractivity contribution in [3.63, 3.8) is 0 Å². The van der Waals surface area contributed by atoms with Gasteiger partial charge >= 0.3 is 0 Å². The molecule has 0 amide bonds. The molecule has 0 bridgehead atoms. The van der Waals surface area contributed by atoms with Crippen molar-refractivity contribution in [1.82, 2.24) is 18.6 Å². The highest BCUT2D eigenvalue weighted by atomic mass is 32.2. The van der Waals surface area contributed by atoms with E-state index in [2.05, 4.69) is 9.97 Å². The van der Waals surface area contributed by atoms with Crippen molar-refractivity contribution in [2.75, 3.05) is 19.6 Å². The van der Waals surface area contributed by atoms with Gasteiger partial charge in [-0.3, -0.25) is 4.79 Å². The van der Waals surface area contributed by atoms with E-state index in [0.717, 1.165) is 0 Å². The molecule has 1 unspecified atom stereocenters. The monoisotopic (exact) mass is 325 g/mol. The Balaban J connectivity index is 2.24. The summed E-state index contributed by atoms with van der Waals surface area (Å²) < 4.78 is 28.0. The molecule has 1 N–H and O–H groups in total. The lowest BCUT2D eigenvalue weighted by Gasteiger charge is -2.32. The van der Waals surface area contributed by atoms with Crippen LogP contribution < -0.4 is 5.56 Å². The van der Waals surface area contributed by atoms with Gasteiger partial charge in [0.25, 0.3) is 15.8 Å². The van der Waals surface area contributed by atoms with E-state index in [1.54, 1.807) is 13.8 Å². The van der Waals surface area contributed by atoms with Crippen LogP contribution in [-0.2, 0) is 23.2 Å². The predicted molar refractivity (Wildman–Crippen MR) is 79.9 cm³/mol. The first-order chi connectivity index (χ1) is 10.4. The topological polar surface area (TPSA) is 110 Å². The average molecular weight is 325 g/mol. The minimum Gasteiger partial charge on any atom is -0.313 e. The summed E-state index contributed by atoms with van der Waals surface area (Å²) in [7, 11) is -3.67. The first kappa shape index (κ1) is 16.6. The van der Waals surface area contributed by atoms with Crippen LogP contribution in [0, 0.1) is 17.2 Å². The maximum atomic E-state index is 12.7. The Morgan fingerprint density at radius 3 is 2.95 bits per heavy atom. The highest BCUT2D eigenvalue weighted by Crippen LogP contribution is 2.19. The van der Waals surface area contributed by atoms with E-state index in [4.69, 9.17) is 5.26 Å². The molecule has 0 aromatic carbocycles. The van der Waals surface area contributed by atoms with E-state index in [-0.39, 0.29) is 31.1 Å². The lowest BCUT2D eigenvalue weighted by atomic mass is 10.1. The number of aromatic amines is 1. The number of nitrogens with one attached hydrogen (secondary N) is 1. The number of fused-ring (bicyclic) bond motifs is 1. The van der Waals surface area contributed by atoms with Gasteiger partial charge < -0.3 is 4.98 Å². The molecule has 0 spiro atoms. The normalized spacial score (nSPS) is 17.0. The summed E-state index contributed by atoms with van der Waals surface area (Å²) in [5, 5.41) is 8.88. The van der Waals surface area contributed by atoms with Crippen molar-refractivity contribution in [2.45, 2.75) is 26.8 Å². The molecule has 0 saturated carbocycles. The minimum absolute atomic E-state index is 0.0824. The molecule has 0 aliphatic carbocycles. The van der Waals surface area contributed by atoms with Gasteiger partial charge in [0.05, 0.1) is 30.6 Å². The van der Waals surface area contributed by atoms with Crippen molar-refractivity contribution in [1.29, 1.82) is 5.26 Å². The van der Waals surface area contributed by atoms with Gasteiger partial charge in [0.2, 0.25) is 0 Å². The van der Waals surface area contributed by atoms with Gasteiger partial charge in [-0.25, -0.2) is 4.98 Å². The molecule has 1 aromatic heterocycles. The lowest BCUT2D eigenvalue weighted by Crippen LogP contribution is -2.48. The maximum absolute atomic E-state index is 12.7. The van der Waals surface area contributed by atoms with Gasteiger partial charge in [-0.15, -0.1) is 0 Å². The number of aromatic nitrogens is 2. The molecule has 1 aliphatic rings. The van der Waals surface area contributed by atoms with Gasteiger partial charge in [-0.1, -0.05) is 6.92 Å². The summed E-state index contributed by atoms with van der Waals surface area (Å²) in [5.74, 6) is -0.382. The summed E-state index contributed by atoms with van der Waals surface area (Å²) in [6, 6.07) is 2.05. The Morgan fingerprint density at radius 1 is 1.59 bits per heavy atom. The summed E-state index contributed by atoms with van der Waals surface area (Å²) in [4.78, 5) is 18.3. The molecular weight excluding hydrogens is 306 g/mol. The van der Waals surface area contributed by atoms with Crippen molar-refractivity contribution in [2.24, 2.45) is 5.92 Å². The first-order valence-corrected chi connectivity index (χ1v) is 8.50. The number of nitriles is 1. The second kappa shape index (κ2) is 6.56. The van der Waals surface area contributed by atoms with Gasteiger partial charge in [-0.2, -0.15) is 22.3 Å². The summed E-state index contributed by atoms with van der Waals surface area (Å²) >= 11 is 0. The molecule has 1 aliphatic heterocycles. The fourth-order valence-electron chi connectivity index (χ4n) is 2.43. The molecule has 0 saturated heterocycles. The minimum atomic E-state index is -3.67. The van der Waals surface area contributed by atoms with E-state index in [1.807, 2.05) is 6.07 Å². The van der Waals surface area contributed by atoms with Crippen LogP contribution in [0.5, 0.6) is 0 Å². The summed E-state index contributed by atoms with van der Waals surface area (Å²) in [6.07, 6.45) is 1.62. The Labute approximate surface area is 129 Å². The SMILES string of the molecule is CCN(CC(C)C#N)S(=O)(=O)N1CCc2c(nc[nH]c2=O)C1. The molecule has 120 valence electrons. The summed E-state index contributed by atoms with van der Waals surface area (Å²) in [5.41, 5.74) is 0.817. The molecule has 0 radical (unpaired) electrons. The van der Waals surface area contributed by atoms with E-state index < -0.39 is 10.2 Å². The molecule has 9 heteroatoms. The van der Waals surface area contributed by atoms with Crippen molar-refractivity contribution >= 4 is 10.2 Å². The van der Waals surface area contributed by atoms with Crippen LogP contribution in [0.4, 0.5) is 0 Å². The van der Waals surface area contributed by atoms with Crippen LogP contribution in [0.25, 0.3) is 0 Å². The zero-order valence-corrected chi connectivity index (χ0v) is 13.4. The van der Waals surface area contributed by atoms with Crippen LogP contribution in [0.15, 0.2) is 11.1 Å². The predicted octanol–water partition coefficient (Wildman–Crippen LogP) is -0.146. The van der Waals surface area contributed by atoms with E-state index in [9.17, 15) is 13.2 Å². The third kappa shape index (κ3) is 3.19. The van der Waals surface area contributed by atoms with E-state index >= 15 is 0 Å². The molecule has 1 aromatic rings. The average Bonchev–Trinajstić information content (AvgIpc) is 2.52. The number of H-pyrrole nitrogens is 1. The molecule has 1 atom stereocenters. The van der Waals surface area contributed by atoms with Gasteiger partial charge in [-0.05, 0) is 13.3 Å². The molecule has 0 fully saturated rings. The number of hydrogen-bond acceptors (Lipinski definition) is 5. The number of hydrogen-bond donors (Lipinski definition) is 1. The number of nitrogens with zero attached hydrogens (tertiary/aromatic N) is 4. The molecule has 2 rings (SSSR count). The van der Waals surface area contributed by atoms with Crippen molar-refractivity contribution in [3.8, 4) is 6.07 Å². The highest BCUT2D eigenvalue weighted by Gasteiger charge is 2.33. The van der Waals surface area contributed by atoms with Gasteiger partial charge in [0.1, 0.15) is 0 Å². The third-order valence-electron chi connectivity index (χ3n) is 3.68. The molecule has 22 heavy (non-hydrogen) atoms. The van der Waals surface area contributed by atoms with Crippen LogP contribution in [0.3, 0.4) is 0 Å². The van der Waals surface area contributed by atoms with Crippen LogP contribution >= 0.6 is 0 Å². The number of rotatable bonds is 5. The Hall–Kier alpha value is -1.76. The standard InChI is InChI=1S/C13H19N5O3S/c1-3-17(7-10(2)6-14)22(20,21)18-5-4-11-12(8-18)15-9-16-13(11)19/h9-10H,3-5,7-8H2,1-2H3,(H,15,16,19). The molecule has 2 heterocycles. The highest BCUT2D eigenvalue weighted by molar-refractivity contribution is 7.86. The van der Waals surface area contributed by atoms with Crippen LogP contribution in [0.1, 0.15) is 25.1 Å². The quantitative estimate of drug-likeness (QED) is 0.810. The Bertz CT molecular complexity index is 737. The van der Waals surface area contributed by atoms with Crippen molar-refractivity contribution < 1.29 is 8.42 Å². The fourth-order valence-corrected chi connectivity index (χ4v) is 4.11. The van der Waals surface area contributed by atoms with Crippen molar-refractivity contribution in [3.05, 3.63) is 27.9 Å². The van der Waals surface area contributed by atoms with Crippen LogP contribution in [0.2, 0.25) is 0 Å². The Morgan fingerprint density at radius 2 is 2.32 bits per heavy atom. The lowest BCUT2D eigenvalue weighted by molar-refractivity contribution is 0.316. The largest absolute Gasteiger partial charge is 0.313 e.